The van der Waals surface area contributed by atoms with E-state index >= 15 is 0 Å². The second-order valence-corrected chi connectivity index (χ2v) is 4.98. The minimum Gasteiger partial charge on any atom is -0.396 e. The van der Waals surface area contributed by atoms with Crippen LogP contribution in [0.15, 0.2) is 0 Å². The molecule has 17 heavy (non-hydrogen) atoms. The largest absolute Gasteiger partial charge is 0.396 e. The zero-order valence-corrected chi connectivity index (χ0v) is 11.2. The molecular formula is C14H28O3. The highest BCUT2D eigenvalue weighted by Crippen LogP contribution is 2.22. The van der Waals surface area contributed by atoms with Crippen LogP contribution < -0.4 is 0 Å². The van der Waals surface area contributed by atoms with Gasteiger partial charge in [-0.1, -0.05) is 26.2 Å². The van der Waals surface area contributed by atoms with Crippen molar-refractivity contribution in [3.63, 3.8) is 0 Å². The molecule has 3 nitrogen and oxygen atoms in total. The molecule has 1 aliphatic heterocycles. The van der Waals surface area contributed by atoms with Gasteiger partial charge in [-0.25, -0.2) is 0 Å². The van der Waals surface area contributed by atoms with E-state index in [-0.39, 0.29) is 6.29 Å². The molecule has 0 amide bonds. The molecule has 0 aliphatic carbocycles. The van der Waals surface area contributed by atoms with Crippen LogP contribution in [0.1, 0.15) is 58.3 Å². The van der Waals surface area contributed by atoms with Crippen LogP contribution in [0.5, 0.6) is 0 Å². The van der Waals surface area contributed by atoms with Crippen molar-refractivity contribution < 1.29 is 14.6 Å². The lowest BCUT2D eigenvalue weighted by Crippen LogP contribution is -2.24. The molecule has 0 spiro atoms. The summed E-state index contributed by atoms with van der Waals surface area (Å²) in [4.78, 5) is 0. The maximum absolute atomic E-state index is 8.87. The molecule has 1 rings (SSSR count). The van der Waals surface area contributed by atoms with Crippen molar-refractivity contribution in [2.45, 2.75) is 64.6 Å². The van der Waals surface area contributed by atoms with Crippen LogP contribution in [-0.2, 0) is 9.47 Å². The highest BCUT2D eigenvalue weighted by Gasteiger charge is 2.15. The second kappa shape index (κ2) is 9.86. The molecule has 1 fully saturated rings. The van der Waals surface area contributed by atoms with Crippen molar-refractivity contribution >= 4 is 0 Å². The van der Waals surface area contributed by atoms with Gasteiger partial charge >= 0.3 is 0 Å². The first kappa shape index (κ1) is 14.9. The van der Waals surface area contributed by atoms with Crippen molar-refractivity contribution in [1.29, 1.82) is 0 Å². The quantitative estimate of drug-likeness (QED) is 0.677. The van der Waals surface area contributed by atoms with E-state index in [2.05, 4.69) is 6.92 Å². The first-order chi connectivity index (χ1) is 8.36. The van der Waals surface area contributed by atoms with Gasteiger partial charge in [-0.2, -0.15) is 0 Å². The van der Waals surface area contributed by atoms with E-state index in [1.54, 1.807) is 0 Å². The minimum atomic E-state index is 0.0452. The summed E-state index contributed by atoms with van der Waals surface area (Å²) in [7, 11) is 0. The lowest BCUT2D eigenvalue weighted by atomic mass is 9.92. The Morgan fingerprint density at radius 2 is 1.82 bits per heavy atom. The highest BCUT2D eigenvalue weighted by molar-refractivity contribution is 4.61. The molecule has 1 atom stereocenters. The van der Waals surface area contributed by atoms with Crippen molar-refractivity contribution in [2.24, 2.45) is 5.92 Å². The lowest BCUT2D eigenvalue weighted by molar-refractivity contribution is -0.181. The molecule has 1 heterocycles. The molecule has 1 N–H and O–H groups in total. The van der Waals surface area contributed by atoms with Crippen LogP contribution in [0.2, 0.25) is 0 Å². The summed E-state index contributed by atoms with van der Waals surface area (Å²) in [5.41, 5.74) is 0. The summed E-state index contributed by atoms with van der Waals surface area (Å²) in [6.07, 6.45) is 9.17. The van der Waals surface area contributed by atoms with E-state index in [4.69, 9.17) is 14.6 Å². The average Bonchev–Trinajstić information content (AvgIpc) is 2.37. The Bertz CT molecular complexity index is 167. The number of ether oxygens (including phenoxy) is 2. The number of hydrogen-bond donors (Lipinski definition) is 1. The van der Waals surface area contributed by atoms with Crippen molar-refractivity contribution in [3.05, 3.63) is 0 Å². The van der Waals surface area contributed by atoms with Crippen LogP contribution in [0.3, 0.4) is 0 Å². The lowest BCUT2D eigenvalue weighted by Gasteiger charge is -2.24. The van der Waals surface area contributed by atoms with Crippen molar-refractivity contribution in [2.75, 3.05) is 19.8 Å². The van der Waals surface area contributed by atoms with Crippen LogP contribution in [0.25, 0.3) is 0 Å². The van der Waals surface area contributed by atoms with Gasteiger partial charge in [0.25, 0.3) is 0 Å². The molecule has 102 valence electrons. The normalized spacial score (nSPS) is 19.4. The third kappa shape index (κ3) is 7.02. The first-order valence-corrected chi connectivity index (χ1v) is 7.21. The number of rotatable bonds is 9. The average molecular weight is 244 g/mol. The zero-order chi connectivity index (χ0) is 12.3. The molecule has 1 aliphatic rings. The summed E-state index contributed by atoms with van der Waals surface area (Å²) in [5.74, 6) is 0.774. The highest BCUT2D eigenvalue weighted by atomic mass is 16.7. The predicted molar refractivity (Wildman–Crippen MR) is 68.9 cm³/mol. The third-order valence-electron chi connectivity index (χ3n) is 3.42. The third-order valence-corrected chi connectivity index (χ3v) is 3.42. The van der Waals surface area contributed by atoms with Crippen molar-refractivity contribution in [1.82, 2.24) is 0 Å². The van der Waals surface area contributed by atoms with Crippen LogP contribution in [0, 0.1) is 5.92 Å². The van der Waals surface area contributed by atoms with Gasteiger partial charge in [-0.15, -0.1) is 0 Å². The Kier molecular flexibility index (Phi) is 8.67. The van der Waals surface area contributed by atoms with Gasteiger partial charge in [0.1, 0.15) is 0 Å². The van der Waals surface area contributed by atoms with E-state index < -0.39 is 0 Å². The summed E-state index contributed by atoms with van der Waals surface area (Å²) in [5, 5.41) is 8.87. The van der Waals surface area contributed by atoms with E-state index in [1.807, 2.05) is 0 Å². The Balaban J connectivity index is 2.07. The molecule has 1 saturated heterocycles. The Hall–Kier alpha value is -0.120. The summed E-state index contributed by atoms with van der Waals surface area (Å²) in [6.45, 7) is 4.27. The van der Waals surface area contributed by atoms with E-state index in [0.717, 1.165) is 44.8 Å². The molecule has 3 heteroatoms. The van der Waals surface area contributed by atoms with Crippen LogP contribution >= 0.6 is 0 Å². The summed E-state index contributed by atoms with van der Waals surface area (Å²) < 4.78 is 11.1. The number of hydrogen-bond acceptors (Lipinski definition) is 3. The van der Waals surface area contributed by atoms with E-state index in [9.17, 15) is 0 Å². The van der Waals surface area contributed by atoms with Crippen LogP contribution in [0.4, 0.5) is 0 Å². The van der Waals surface area contributed by atoms with Gasteiger partial charge in [-0.3, -0.25) is 0 Å². The monoisotopic (exact) mass is 244 g/mol. The fraction of sp³-hybridized carbons (Fsp3) is 1.00. The SMILES string of the molecule is CCC[C@@H](CCCO)CCCC1OCCCO1. The summed E-state index contributed by atoms with van der Waals surface area (Å²) in [6, 6.07) is 0. The molecule has 0 bridgehead atoms. The molecular weight excluding hydrogens is 216 g/mol. The summed E-state index contributed by atoms with van der Waals surface area (Å²) >= 11 is 0. The molecule has 0 aromatic rings. The van der Waals surface area contributed by atoms with E-state index in [1.165, 1.54) is 25.7 Å². The van der Waals surface area contributed by atoms with Crippen molar-refractivity contribution in [3.8, 4) is 0 Å². The topological polar surface area (TPSA) is 38.7 Å². The van der Waals surface area contributed by atoms with E-state index in [0.29, 0.717) is 6.61 Å². The van der Waals surface area contributed by atoms with Gasteiger partial charge in [0.05, 0.1) is 13.2 Å². The molecule has 0 aromatic carbocycles. The Labute approximate surface area is 105 Å². The van der Waals surface area contributed by atoms with Crippen LogP contribution in [-0.4, -0.2) is 31.2 Å². The van der Waals surface area contributed by atoms with Gasteiger partial charge in [0.2, 0.25) is 0 Å². The zero-order valence-electron chi connectivity index (χ0n) is 11.2. The maximum atomic E-state index is 8.87. The Morgan fingerprint density at radius 1 is 1.12 bits per heavy atom. The van der Waals surface area contributed by atoms with Gasteiger partial charge in [-0.05, 0) is 38.0 Å². The molecule has 0 saturated carbocycles. The smallest absolute Gasteiger partial charge is 0.157 e. The standard InChI is InChI=1S/C14H28O3/c1-2-6-13(8-4-10-15)7-3-9-14-16-11-5-12-17-14/h13-15H,2-12H2,1H3/t13-/m1/s1. The first-order valence-electron chi connectivity index (χ1n) is 7.21. The number of aliphatic hydroxyl groups is 1. The molecule has 0 radical (unpaired) electrons. The minimum absolute atomic E-state index is 0.0452. The van der Waals surface area contributed by atoms with Gasteiger partial charge in [0.15, 0.2) is 6.29 Å². The fourth-order valence-electron chi connectivity index (χ4n) is 2.50. The maximum Gasteiger partial charge on any atom is 0.157 e. The van der Waals surface area contributed by atoms with Gasteiger partial charge < -0.3 is 14.6 Å². The number of aliphatic hydroxyl groups excluding tert-OH is 1. The second-order valence-electron chi connectivity index (χ2n) is 4.98. The predicted octanol–water partition coefficient (Wildman–Crippen LogP) is 3.11. The van der Waals surface area contributed by atoms with Gasteiger partial charge in [0, 0.05) is 6.61 Å². The fourth-order valence-corrected chi connectivity index (χ4v) is 2.50. The molecule has 0 aromatic heterocycles. The molecule has 0 unspecified atom stereocenters. The Morgan fingerprint density at radius 3 is 2.47 bits per heavy atom.